The topological polar surface area (TPSA) is 56.1 Å². The first-order chi connectivity index (χ1) is 10.3. The van der Waals surface area contributed by atoms with Crippen LogP contribution in [0, 0.1) is 11.3 Å². The van der Waals surface area contributed by atoms with E-state index < -0.39 is 0 Å². The smallest absolute Gasteiger partial charge is 0.251 e. The Morgan fingerprint density at radius 3 is 2.76 bits per heavy atom. The number of nitrogens with one attached hydrogen (secondary N) is 1. The number of amides is 1. The summed E-state index contributed by atoms with van der Waals surface area (Å²) in [6, 6.07) is 9.42. The maximum atomic E-state index is 12.1. The lowest BCUT2D eigenvalue weighted by molar-refractivity contribution is 0.0952. The van der Waals surface area contributed by atoms with Gasteiger partial charge in [-0.3, -0.25) is 4.79 Å². The van der Waals surface area contributed by atoms with Crippen LogP contribution < -0.4 is 5.32 Å². The molecule has 0 bridgehead atoms. The molecule has 2 rings (SSSR count). The van der Waals surface area contributed by atoms with E-state index in [4.69, 9.17) is 5.26 Å². The molecule has 1 fully saturated rings. The van der Waals surface area contributed by atoms with Gasteiger partial charge in [-0.15, -0.1) is 0 Å². The Hall–Kier alpha value is -1.86. The van der Waals surface area contributed by atoms with Gasteiger partial charge in [0.15, 0.2) is 0 Å². The van der Waals surface area contributed by atoms with Gasteiger partial charge < -0.3 is 10.2 Å². The van der Waals surface area contributed by atoms with Crippen molar-refractivity contribution < 1.29 is 4.79 Å². The SMILES string of the molecule is N#CCc1ccccc1C(=O)NCCCCN1CCCC1. The zero-order valence-corrected chi connectivity index (χ0v) is 12.5. The van der Waals surface area contributed by atoms with E-state index in [1.54, 1.807) is 6.07 Å². The second-order valence-electron chi connectivity index (χ2n) is 5.50. The molecule has 1 N–H and O–H groups in total. The summed E-state index contributed by atoms with van der Waals surface area (Å²) in [5, 5.41) is 11.7. The average molecular weight is 285 g/mol. The zero-order chi connectivity index (χ0) is 14.9. The van der Waals surface area contributed by atoms with Crippen molar-refractivity contribution in [3.8, 4) is 6.07 Å². The molecule has 4 heteroatoms. The highest BCUT2D eigenvalue weighted by Crippen LogP contribution is 2.10. The summed E-state index contributed by atoms with van der Waals surface area (Å²) in [7, 11) is 0. The van der Waals surface area contributed by atoms with E-state index in [2.05, 4.69) is 16.3 Å². The van der Waals surface area contributed by atoms with E-state index in [0.29, 0.717) is 12.1 Å². The minimum Gasteiger partial charge on any atom is -0.352 e. The molecule has 0 radical (unpaired) electrons. The van der Waals surface area contributed by atoms with Crippen LogP contribution in [0.3, 0.4) is 0 Å². The molecule has 0 unspecified atom stereocenters. The third-order valence-electron chi connectivity index (χ3n) is 3.92. The largest absolute Gasteiger partial charge is 0.352 e. The van der Waals surface area contributed by atoms with Crippen LogP contribution in [0.5, 0.6) is 0 Å². The van der Waals surface area contributed by atoms with Crippen LogP contribution in [-0.4, -0.2) is 37.0 Å². The van der Waals surface area contributed by atoms with Crippen LogP contribution in [0.1, 0.15) is 41.6 Å². The van der Waals surface area contributed by atoms with Gasteiger partial charge in [0.2, 0.25) is 0 Å². The summed E-state index contributed by atoms with van der Waals surface area (Å²) in [4.78, 5) is 14.6. The number of hydrogen-bond donors (Lipinski definition) is 1. The van der Waals surface area contributed by atoms with Gasteiger partial charge in [-0.05, 0) is 56.9 Å². The lowest BCUT2D eigenvalue weighted by Gasteiger charge is -2.14. The van der Waals surface area contributed by atoms with E-state index in [1.807, 2.05) is 18.2 Å². The fourth-order valence-electron chi connectivity index (χ4n) is 2.74. The van der Waals surface area contributed by atoms with Gasteiger partial charge >= 0.3 is 0 Å². The maximum Gasteiger partial charge on any atom is 0.251 e. The second kappa shape index (κ2) is 8.43. The average Bonchev–Trinajstić information content (AvgIpc) is 3.01. The van der Waals surface area contributed by atoms with E-state index in [1.165, 1.54) is 25.9 Å². The predicted molar refractivity (Wildman–Crippen MR) is 83.0 cm³/mol. The van der Waals surface area contributed by atoms with Crippen molar-refractivity contribution in [1.82, 2.24) is 10.2 Å². The Kier molecular flexibility index (Phi) is 6.23. The fraction of sp³-hybridized carbons (Fsp3) is 0.529. The molecule has 1 aromatic rings. The van der Waals surface area contributed by atoms with Gasteiger partial charge in [-0.2, -0.15) is 5.26 Å². The van der Waals surface area contributed by atoms with Crippen LogP contribution in [0.4, 0.5) is 0 Å². The molecule has 1 aliphatic rings. The monoisotopic (exact) mass is 285 g/mol. The van der Waals surface area contributed by atoms with E-state index >= 15 is 0 Å². The molecule has 1 amide bonds. The van der Waals surface area contributed by atoms with Gasteiger partial charge in [0.25, 0.3) is 5.91 Å². The predicted octanol–water partition coefficient (Wildman–Crippen LogP) is 2.36. The molecule has 0 saturated carbocycles. The van der Waals surface area contributed by atoms with Gasteiger partial charge in [0.05, 0.1) is 12.5 Å². The van der Waals surface area contributed by atoms with Crippen molar-refractivity contribution in [1.29, 1.82) is 5.26 Å². The zero-order valence-electron chi connectivity index (χ0n) is 12.5. The lowest BCUT2D eigenvalue weighted by Crippen LogP contribution is -2.27. The number of carbonyl (C=O) groups is 1. The third kappa shape index (κ3) is 4.87. The molecule has 21 heavy (non-hydrogen) atoms. The highest BCUT2D eigenvalue weighted by Gasteiger charge is 2.11. The Bertz CT molecular complexity index is 501. The van der Waals surface area contributed by atoms with Crippen molar-refractivity contribution in [3.05, 3.63) is 35.4 Å². The molecular weight excluding hydrogens is 262 g/mol. The summed E-state index contributed by atoms with van der Waals surface area (Å²) >= 11 is 0. The minimum absolute atomic E-state index is 0.0676. The standard InChI is InChI=1S/C17H23N3O/c18-10-9-15-7-1-2-8-16(15)17(21)19-11-3-4-12-20-13-5-6-14-20/h1-2,7-8H,3-6,9,11-14H2,(H,19,21). The molecule has 1 heterocycles. The number of carbonyl (C=O) groups excluding carboxylic acids is 1. The van der Waals surface area contributed by atoms with Crippen LogP contribution in [0.15, 0.2) is 24.3 Å². The molecule has 1 saturated heterocycles. The quantitative estimate of drug-likeness (QED) is 0.782. The Labute approximate surface area is 126 Å². The number of nitriles is 1. The van der Waals surface area contributed by atoms with Crippen molar-refractivity contribution in [2.24, 2.45) is 0 Å². The summed E-state index contributed by atoms with van der Waals surface area (Å²) in [5.41, 5.74) is 1.42. The number of benzene rings is 1. The van der Waals surface area contributed by atoms with Gasteiger partial charge in [-0.1, -0.05) is 18.2 Å². The van der Waals surface area contributed by atoms with Crippen LogP contribution >= 0.6 is 0 Å². The highest BCUT2D eigenvalue weighted by atomic mass is 16.1. The number of likely N-dealkylation sites (tertiary alicyclic amines) is 1. The summed E-state index contributed by atoms with van der Waals surface area (Å²) in [6.07, 6.45) is 5.06. The first-order valence-electron chi connectivity index (χ1n) is 7.76. The molecule has 112 valence electrons. The Morgan fingerprint density at radius 2 is 2.00 bits per heavy atom. The molecule has 0 atom stereocenters. The lowest BCUT2D eigenvalue weighted by atomic mass is 10.0. The normalized spacial score (nSPS) is 14.8. The van der Waals surface area contributed by atoms with Crippen molar-refractivity contribution in [2.45, 2.75) is 32.1 Å². The molecule has 0 aliphatic carbocycles. The number of rotatable bonds is 7. The number of nitrogens with zero attached hydrogens (tertiary/aromatic N) is 2. The minimum atomic E-state index is -0.0676. The fourth-order valence-corrected chi connectivity index (χ4v) is 2.74. The third-order valence-corrected chi connectivity index (χ3v) is 3.92. The van der Waals surface area contributed by atoms with Crippen LogP contribution in [-0.2, 0) is 6.42 Å². The molecule has 4 nitrogen and oxygen atoms in total. The van der Waals surface area contributed by atoms with Crippen LogP contribution in [0.25, 0.3) is 0 Å². The highest BCUT2D eigenvalue weighted by molar-refractivity contribution is 5.95. The molecule has 1 aromatic carbocycles. The summed E-state index contributed by atoms with van der Waals surface area (Å²) in [6.45, 7) is 4.30. The first-order valence-corrected chi connectivity index (χ1v) is 7.76. The molecular formula is C17H23N3O. The van der Waals surface area contributed by atoms with Crippen molar-refractivity contribution in [2.75, 3.05) is 26.2 Å². The maximum absolute atomic E-state index is 12.1. The molecule has 1 aliphatic heterocycles. The number of unbranched alkanes of at least 4 members (excludes halogenated alkanes) is 1. The van der Waals surface area contributed by atoms with Gasteiger partial charge in [-0.25, -0.2) is 0 Å². The summed E-state index contributed by atoms with van der Waals surface area (Å²) < 4.78 is 0. The molecule has 0 aromatic heterocycles. The van der Waals surface area contributed by atoms with Gasteiger partial charge in [0, 0.05) is 12.1 Å². The Morgan fingerprint density at radius 1 is 1.24 bits per heavy atom. The van der Waals surface area contributed by atoms with Gasteiger partial charge in [0.1, 0.15) is 0 Å². The second-order valence-corrected chi connectivity index (χ2v) is 5.50. The van der Waals surface area contributed by atoms with E-state index in [9.17, 15) is 4.79 Å². The first kappa shape index (κ1) is 15.5. The van der Waals surface area contributed by atoms with Crippen molar-refractivity contribution >= 4 is 5.91 Å². The number of hydrogen-bond acceptors (Lipinski definition) is 3. The van der Waals surface area contributed by atoms with E-state index in [0.717, 1.165) is 24.9 Å². The Balaban J connectivity index is 1.70. The summed E-state index contributed by atoms with van der Waals surface area (Å²) in [5.74, 6) is -0.0676. The van der Waals surface area contributed by atoms with Crippen LogP contribution in [0.2, 0.25) is 0 Å². The van der Waals surface area contributed by atoms with E-state index in [-0.39, 0.29) is 12.3 Å². The van der Waals surface area contributed by atoms with Crippen molar-refractivity contribution in [3.63, 3.8) is 0 Å². The molecule has 0 spiro atoms.